The van der Waals surface area contributed by atoms with Crippen molar-refractivity contribution >= 4 is 52.7 Å². The summed E-state index contributed by atoms with van der Waals surface area (Å²) < 4.78 is 7.27. The van der Waals surface area contributed by atoms with E-state index >= 15 is 0 Å². The lowest BCUT2D eigenvalue weighted by atomic mass is 9.49. The third-order valence-corrected chi connectivity index (χ3v) is 4.74. The van der Waals surface area contributed by atoms with Crippen LogP contribution in [0.5, 0.6) is 5.75 Å². The van der Waals surface area contributed by atoms with Crippen molar-refractivity contribution < 1.29 is 14.3 Å². The third-order valence-electron chi connectivity index (χ3n) is 4.74. The van der Waals surface area contributed by atoms with Crippen molar-refractivity contribution in [3.63, 3.8) is 0 Å². The van der Waals surface area contributed by atoms with Gasteiger partial charge in [-0.05, 0) is 23.3 Å². The Balaban J connectivity index is 2.00. The van der Waals surface area contributed by atoms with E-state index in [1.54, 1.807) is 30.2 Å². The molecule has 15 heteroatoms. The molecule has 2 aromatic heterocycles. The zero-order valence-corrected chi connectivity index (χ0v) is 21.6. The molecule has 36 heavy (non-hydrogen) atoms. The fourth-order valence-electron chi connectivity index (χ4n) is 3.21. The van der Waals surface area contributed by atoms with Gasteiger partial charge in [-0.1, -0.05) is 19.9 Å². The predicted octanol–water partition coefficient (Wildman–Crippen LogP) is -0.958. The number of amides is 3. The van der Waals surface area contributed by atoms with Crippen LogP contribution in [0, 0.1) is 5.92 Å². The number of para-hydroxylation sites is 1. The Labute approximate surface area is 212 Å². The van der Waals surface area contributed by atoms with E-state index in [-0.39, 0.29) is 17.4 Å². The van der Waals surface area contributed by atoms with E-state index in [1.807, 2.05) is 49.5 Å². The van der Waals surface area contributed by atoms with Crippen LogP contribution in [-0.2, 0) is 7.05 Å². The van der Waals surface area contributed by atoms with Crippen LogP contribution in [0.3, 0.4) is 0 Å². The van der Waals surface area contributed by atoms with E-state index in [0.29, 0.717) is 35.1 Å². The predicted molar refractivity (Wildman–Crippen MR) is 146 cm³/mol. The molecule has 0 radical (unpaired) electrons. The van der Waals surface area contributed by atoms with Crippen molar-refractivity contribution in [3.8, 4) is 17.1 Å². The van der Waals surface area contributed by atoms with Gasteiger partial charge in [-0.2, -0.15) is 5.10 Å². The molecule has 0 spiro atoms. The SMILES string of the molecule is BC(B)(B)NC(=O)c1nnc(NC(=O)NCC(C)C)cc1Nc1cccc(-c2ncn(C)n2)c1OC. The van der Waals surface area contributed by atoms with Crippen LogP contribution >= 0.6 is 0 Å². The number of methoxy groups -OCH3 is 1. The second-order valence-electron chi connectivity index (χ2n) is 9.68. The zero-order valence-electron chi connectivity index (χ0n) is 21.6. The topological polar surface area (TPSA) is 148 Å². The second-order valence-corrected chi connectivity index (χ2v) is 9.68. The lowest BCUT2D eigenvalue weighted by Gasteiger charge is -2.22. The molecule has 0 aliphatic carbocycles. The first-order valence-electron chi connectivity index (χ1n) is 11.5. The molecule has 3 amide bonds. The monoisotopic (exact) mass is 489 g/mol. The van der Waals surface area contributed by atoms with Gasteiger partial charge in [0, 0.05) is 19.7 Å². The van der Waals surface area contributed by atoms with Crippen LogP contribution in [0.4, 0.5) is 22.0 Å². The van der Waals surface area contributed by atoms with Crippen molar-refractivity contribution in [2.24, 2.45) is 13.0 Å². The van der Waals surface area contributed by atoms with Crippen LogP contribution in [0.15, 0.2) is 30.6 Å². The van der Waals surface area contributed by atoms with E-state index in [4.69, 9.17) is 4.74 Å². The fourth-order valence-corrected chi connectivity index (χ4v) is 3.21. The van der Waals surface area contributed by atoms with Crippen molar-refractivity contribution in [2.75, 3.05) is 24.3 Å². The van der Waals surface area contributed by atoms with E-state index in [0.717, 1.165) is 0 Å². The summed E-state index contributed by atoms with van der Waals surface area (Å²) in [7, 11) is 8.92. The molecule has 0 bridgehead atoms. The summed E-state index contributed by atoms with van der Waals surface area (Å²) in [6, 6.07) is 6.57. The maximum absolute atomic E-state index is 13.0. The third kappa shape index (κ3) is 7.00. The molecule has 0 aliphatic rings. The number of aromatic nitrogens is 5. The number of benzene rings is 1. The van der Waals surface area contributed by atoms with E-state index in [1.165, 1.54) is 7.11 Å². The Morgan fingerprint density at radius 3 is 2.53 bits per heavy atom. The van der Waals surface area contributed by atoms with Crippen LogP contribution in [0.1, 0.15) is 24.3 Å². The number of nitrogens with one attached hydrogen (secondary N) is 4. The van der Waals surface area contributed by atoms with Gasteiger partial charge in [0.1, 0.15) is 29.9 Å². The van der Waals surface area contributed by atoms with Crippen LogP contribution in [-0.4, -0.2) is 79.3 Å². The Kier molecular flexibility index (Phi) is 8.23. The highest BCUT2D eigenvalue weighted by Crippen LogP contribution is 2.37. The summed E-state index contributed by atoms with van der Waals surface area (Å²) >= 11 is 0. The van der Waals surface area contributed by atoms with Crippen molar-refractivity contribution in [2.45, 2.75) is 19.1 Å². The second kappa shape index (κ2) is 11.1. The van der Waals surface area contributed by atoms with Crippen LogP contribution in [0.25, 0.3) is 11.4 Å². The molecule has 3 aromatic rings. The zero-order chi connectivity index (χ0) is 26.5. The number of urea groups is 1. The summed E-state index contributed by atoms with van der Waals surface area (Å²) in [5.74, 6) is 1.01. The number of aryl methyl sites for hydroxylation is 1. The first-order valence-corrected chi connectivity index (χ1v) is 11.5. The highest BCUT2D eigenvalue weighted by Gasteiger charge is 2.23. The lowest BCUT2D eigenvalue weighted by molar-refractivity contribution is 0.0947. The van der Waals surface area contributed by atoms with E-state index in [2.05, 4.69) is 41.5 Å². The standard InChI is InChI=1S/C21H30B3N9O3/c1-11(2)9-25-20(35)28-15-8-14(16(31-30-15)19(34)29-21(22,23)24)27-13-7-5-6-12(17(13)36-4)18-26-10-33(3)32-18/h5-8,10-11H,9,22-24H2,1-4H3,(H,29,34)(H3,25,27,28,30,35). The largest absolute Gasteiger partial charge is 0.494 e. The number of hydrogen-bond donors (Lipinski definition) is 4. The number of carbonyl (C=O) groups is 2. The molecule has 0 atom stereocenters. The Morgan fingerprint density at radius 2 is 1.92 bits per heavy atom. The summed E-state index contributed by atoms with van der Waals surface area (Å²) in [5, 5.41) is 23.5. The molecule has 0 aliphatic heterocycles. The first kappa shape index (κ1) is 26.6. The van der Waals surface area contributed by atoms with Crippen molar-refractivity contribution in [1.29, 1.82) is 0 Å². The number of anilines is 3. The quantitative estimate of drug-likeness (QED) is 0.281. The minimum atomic E-state index is -0.494. The molecule has 0 unspecified atom stereocenters. The molecule has 2 heterocycles. The average molecular weight is 489 g/mol. The van der Waals surface area contributed by atoms with E-state index < -0.39 is 17.2 Å². The number of nitrogens with zero attached hydrogens (tertiary/aromatic N) is 5. The molecule has 186 valence electrons. The van der Waals surface area contributed by atoms with Gasteiger partial charge in [0.15, 0.2) is 23.1 Å². The first-order chi connectivity index (χ1) is 17.0. The Bertz CT molecular complexity index is 1240. The molecular formula is C21H30B3N9O3. The Hall–Kier alpha value is -4.03. The number of carbonyl (C=O) groups excluding carboxylic acids is 2. The van der Waals surface area contributed by atoms with Gasteiger partial charge in [0.2, 0.25) is 0 Å². The van der Waals surface area contributed by atoms with Gasteiger partial charge in [-0.3, -0.25) is 14.8 Å². The van der Waals surface area contributed by atoms with Gasteiger partial charge >= 0.3 is 6.03 Å². The highest BCUT2D eigenvalue weighted by molar-refractivity contribution is 6.60. The minimum absolute atomic E-state index is 0.0569. The maximum Gasteiger partial charge on any atom is 0.320 e. The van der Waals surface area contributed by atoms with Gasteiger partial charge in [-0.25, -0.2) is 9.78 Å². The maximum atomic E-state index is 13.0. The van der Waals surface area contributed by atoms with Crippen LogP contribution < -0.4 is 26.0 Å². The molecule has 1 aromatic carbocycles. The molecular weight excluding hydrogens is 459 g/mol. The number of rotatable bonds is 9. The summed E-state index contributed by atoms with van der Waals surface area (Å²) in [5.41, 5.74) is 1.60. The molecule has 3 rings (SSSR count). The normalized spacial score (nSPS) is 11.1. The number of hydrogen-bond acceptors (Lipinski definition) is 8. The fraction of sp³-hybridized carbons (Fsp3) is 0.333. The summed E-state index contributed by atoms with van der Waals surface area (Å²) in [6.07, 6.45) is 1.60. The Morgan fingerprint density at radius 1 is 1.17 bits per heavy atom. The highest BCUT2D eigenvalue weighted by atomic mass is 16.5. The van der Waals surface area contributed by atoms with Gasteiger partial charge < -0.3 is 20.7 Å². The summed E-state index contributed by atoms with van der Waals surface area (Å²) in [6.45, 7) is 4.49. The smallest absolute Gasteiger partial charge is 0.320 e. The number of ether oxygens (including phenoxy) is 1. The average Bonchev–Trinajstić information content (AvgIpc) is 3.22. The van der Waals surface area contributed by atoms with Crippen molar-refractivity contribution in [1.82, 2.24) is 35.6 Å². The van der Waals surface area contributed by atoms with Crippen molar-refractivity contribution in [3.05, 3.63) is 36.3 Å². The van der Waals surface area contributed by atoms with Crippen LogP contribution in [0.2, 0.25) is 0 Å². The molecule has 0 saturated heterocycles. The molecule has 12 nitrogen and oxygen atoms in total. The van der Waals surface area contributed by atoms with Gasteiger partial charge in [0.05, 0.1) is 24.0 Å². The molecule has 0 saturated carbocycles. The summed E-state index contributed by atoms with van der Waals surface area (Å²) in [4.78, 5) is 29.6. The molecule has 4 N–H and O–H groups in total. The van der Waals surface area contributed by atoms with E-state index in [9.17, 15) is 9.59 Å². The van der Waals surface area contributed by atoms with Gasteiger partial charge in [-0.15, -0.1) is 10.2 Å². The van der Waals surface area contributed by atoms with Gasteiger partial charge in [0.25, 0.3) is 5.91 Å². The minimum Gasteiger partial charge on any atom is -0.494 e. The molecule has 0 fully saturated rings. The lowest BCUT2D eigenvalue weighted by Crippen LogP contribution is -2.50.